The number of hydrogen-bond donors (Lipinski definition) is 2. The summed E-state index contributed by atoms with van der Waals surface area (Å²) in [6, 6.07) is 6.79. The maximum atomic E-state index is 13.3. The van der Waals surface area contributed by atoms with Gasteiger partial charge in [-0.1, -0.05) is 18.2 Å². The standard InChI is InChI=1S/C15H25FN2O2/c1-12(9-18(2)3)17-8-14(19)11-20-10-13-6-4-5-7-15(13)16/h4-7,12,14,17,19H,8-11H2,1-3H3. The van der Waals surface area contributed by atoms with Gasteiger partial charge in [0.2, 0.25) is 0 Å². The summed E-state index contributed by atoms with van der Waals surface area (Å²) in [6.45, 7) is 3.80. The minimum Gasteiger partial charge on any atom is -0.389 e. The largest absolute Gasteiger partial charge is 0.389 e. The van der Waals surface area contributed by atoms with E-state index < -0.39 is 6.10 Å². The van der Waals surface area contributed by atoms with Crippen LogP contribution in [0.25, 0.3) is 0 Å². The first-order valence-corrected chi connectivity index (χ1v) is 6.86. The minimum absolute atomic E-state index is 0.178. The third-order valence-electron chi connectivity index (χ3n) is 2.87. The Hall–Kier alpha value is -1.01. The molecular formula is C15H25FN2O2. The van der Waals surface area contributed by atoms with E-state index >= 15 is 0 Å². The third kappa shape index (κ3) is 6.96. The second-order valence-corrected chi connectivity index (χ2v) is 5.33. The van der Waals surface area contributed by atoms with Crippen LogP contribution in [0, 0.1) is 5.82 Å². The first kappa shape index (κ1) is 17.0. The molecule has 0 bridgehead atoms. The predicted octanol–water partition coefficient (Wildman–Crippen LogP) is 1.24. The van der Waals surface area contributed by atoms with Crippen molar-refractivity contribution in [2.75, 3.05) is 33.8 Å². The molecular weight excluding hydrogens is 259 g/mol. The monoisotopic (exact) mass is 284 g/mol. The molecule has 2 unspecified atom stereocenters. The van der Waals surface area contributed by atoms with Crippen LogP contribution in [-0.4, -0.2) is 55.9 Å². The number of rotatable bonds is 9. The van der Waals surface area contributed by atoms with Crippen molar-refractivity contribution in [2.45, 2.75) is 25.7 Å². The van der Waals surface area contributed by atoms with Gasteiger partial charge in [-0.15, -0.1) is 0 Å². The lowest BCUT2D eigenvalue weighted by molar-refractivity contribution is 0.0265. The number of aliphatic hydroxyl groups is 1. The summed E-state index contributed by atoms with van der Waals surface area (Å²) in [7, 11) is 4.01. The molecule has 114 valence electrons. The average Bonchev–Trinajstić information content (AvgIpc) is 2.38. The van der Waals surface area contributed by atoms with Gasteiger partial charge < -0.3 is 20.1 Å². The van der Waals surface area contributed by atoms with Crippen molar-refractivity contribution >= 4 is 0 Å². The Labute approximate surface area is 120 Å². The number of ether oxygens (including phenoxy) is 1. The quantitative estimate of drug-likeness (QED) is 0.716. The summed E-state index contributed by atoms with van der Waals surface area (Å²) >= 11 is 0. The van der Waals surface area contributed by atoms with Crippen LogP contribution < -0.4 is 5.32 Å². The lowest BCUT2D eigenvalue weighted by Gasteiger charge is -2.20. The van der Waals surface area contributed by atoms with Crippen LogP contribution >= 0.6 is 0 Å². The first-order valence-electron chi connectivity index (χ1n) is 6.86. The molecule has 2 atom stereocenters. The molecule has 0 aliphatic rings. The van der Waals surface area contributed by atoms with Crippen molar-refractivity contribution in [1.29, 1.82) is 0 Å². The molecule has 1 aromatic rings. The first-order chi connectivity index (χ1) is 9.49. The molecule has 0 spiro atoms. The van der Waals surface area contributed by atoms with Crippen LogP contribution in [-0.2, 0) is 11.3 Å². The smallest absolute Gasteiger partial charge is 0.128 e. The number of likely N-dealkylation sites (N-methyl/N-ethyl adjacent to an activating group) is 1. The van der Waals surface area contributed by atoms with Crippen LogP contribution in [0.15, 0.2) is 24.3 Å². The molecule has 1 aromatic carbocycles. The van der Waals surface area contributed by atoms with Gasteiger partial charge in [-0.25, -0.2) is 4.39 Å². The summed E-state index contributed by atoms with van der Waals surface area (Å²) < 4.78 is 18.7. The lowest BCUT2D eigenvalue weighted by atomic mass is 10.2. The molecule has 0 fully saturated rings. The molecule has 0 amide bonds. The van der Waals surface area contributed by atoms with E-state index in [1.807, 2.05) is 14.1 Å². The van der Waals surface area contributed by atoms with Crippen LogP contribution in [0.1, 0.15) is 12.5 Å². The Balaban J connectivity index is 2.17. The van der Waals surface area contributed by atoms with Gasteiger partial charge in [-0.2, -0.15) is 0 Å². The third-order valence-corrected chi connectivity index (χ3v) is 2.87. The van der Waals surface area contributed by atoms with Gasteiger partial charge in [-0.05, 0) is 27.1 Å². The molecule has 20 heavy (non-hydrogen) atoms. The van der Waals surface area contributed by atoms with Gasteiger partial charge in [0.1, 0.15) is 5.82 Å². The molecule has 0 aromatic heterocycles. The fourth-order valence-corrected chi connectivity index (χ4v) is 1.93. The van der Waals surface area contributed by atoms with E-state index in [4.69, 9.17) is 4.74 Å². The Morgan fingerprint density at radius 1 is 1.35 bits per heavy atom. The summed E-state index contributed by atoms with van der Waals surface area (Å²) in [5.74, 6) is -0.278. The zero-order valence-corrected chi connectivity index (χ0v) is 12.5. The van der Waals surface area contributed by atoms with Crippen molar-refractivity contribution in [3.05, 3.63) is 35.6 Å². The fraction of sp³-hybridized carbons (Fsp3) is 0.600. The van der Waals surface area contributed by atoms with E-state index in [1.54, 1.807) is 18.2 Å². The Morgan fingerprint density at radius 3 is 2.70 bits per heavy atom. The molecule has 2 N–H and O–H groups in total. The highest BCUT2D eigenvalue weighted by atomic mass is 19.1. The number of hydrogen-bond acceptors (Lipinski definition) is 4. The van der Waals surface area contributed by atoms with Crippen molar-refractivity contribution in [2.24, 2.45) is 0 Å². The van der Waals surface area contributed by atoms with Crippen LogP contribution in [0.3, 0.4) is 0 Å². The SMILES string of the molecule is CC(CN(C)C)NCC(O)COCc1ccccc1F. The van der Waals surface area contributed by atoms with Gasteiger partial charge >= 0.3 is 0 Å². The number of halogens is 1. The predicted molar refractivity (Wildman–Crippen MR) is 78.1 cm³/mol. The minimum atomic E-state index is -0.591. The van der Waals surface area contributed by atoms with E-state index in [0.29, 0.717) is 18.2 Å². The topological polar surface area (TPSA) is 44.7 Å². The maximum Gasteiger partial charge on any atom is 0.128 e. The molecule has 1 rings (SSSR count). The van der Waals surface area contributed by atoms with Gasteiger partial charge in [0.05, 0.1) is 19.3 Å². The fourth-order valence-electron chi connectivity index (χ4n) is 1.93. The van der Waals surface area contributed by atoms with E-state index in [9.17, 15) is 9.50 Å². The van der Waals surface area contributed by atoms with E-state index in [1.165, 1.54) is 6.07 Å². The molecule has 0 saturated carbocycles. The number of nitrogens with one attached hydrogen (secondary N) is 1. The van der Waals surface area contributed by atoms with Gasteiger partial charge in [0.15, 0.2) is 0 Å². The van der Waals surface area contributed by atoms with Crippen molar-refractivity contribution in [1.82, 2.24) is 10.2 Å². The Morgan fingerprint density at radius 2 is 2.05 bits per heavy atom. The van der Waals surface area contributed by atoms with E-state index in [0.717, 1.165) is 6.54 Å². The van der Waals surface area contributed by atoms with Crippen LogP contribution in [0.4, 0.5) is 4.39 Å². The molecule has 0 aliphatic heterocycles. The van der Waals surface area contributed by atoms with Gasteiger partial charge in [0, 0.05) is 24.7 Å². The van der Waals surface area contributed by atoms with Crippen LogP contribution in [0.2, 0.25) is 0 Å². The van der Waals surface area contributed by atoms with Crippen molar-refractivity contribution in [3.8, 4) is 0 Å². The van der Waals surface area contributed by atoms with Crippen LogP contribution in [0.5, 0.6) is 0 Å². The number of aliphatic hydroxyl groups excluding tert-OH is 1. The highest BCUT2D eigenvalue weighted by molar-refractivity contribution is 5.16. The zero-order chi connectivity index (χ0) is 15.0. The Kier molecular flexibility index (Phi) is 7.69. The second kappa shape index (κ2) is 9.02. The molecule has 5 heteroatoms. The highest BCUT2D eigenvalue weighted by Crippen LogP contribution is 2.07. The van der Waals surface area contributed by atoms with Crippen molar-refractivity contribution in [3.63, 3.8) is 0 Å². The summed E-state index contributed by atoms with van der Waals surface area (Å²) in [5.41, 5.74) is 0.508. The second-order valence-electron chi connectivity index (χ2n) is 5.33. The molecule has 0 aliphatic carbocycles. The molecule has 0 radical (unpaired) electrons. The molecule has 0 heterocycles. The molecule has 4 nitrogen and oxygen atoms in total. The summed E-state index contributed by atoms with van der Waals surface area (Å²) in [5, 5.41) is 13.0. The average molecular weight is 284 g/mol. The number of nitrogens with zero attached hydrogens (tertiary/aromatic N) is 1. The van der Waals surface area contributed by atoms with Gasteiger partial charge in [0.25, 0.3) is 0 Å². The van der Waals surface area contributed by atoms with E-state index in [-0.39, 0.29) is 19.0 Å². The maximum absolute atomic E-state index is 13.3. The zero-order valence-electron chi connectivity index (χ0n) is 12.5. The summed E-state index contributed by atoms with van der Waals surface area (Å²) in [4.78, 5) is 2.08. The van der Waals surface area contributed by atoms with E-state index in [2.05, 4.69) is 17.1 Å². The highest BCUT2D eigenvalue weighted by Gasteiger charge is 2.09. The normalized spacial score (nSPS) is 14.5. The Bertz CT molecular complexity index is 388. The van der Waals surface area contributed by atoms with Crippen molar-refractivity contribution < 1.29 is 14.2 Å². The lowest BCUT2D eigenvalue weighted by Crippen LogP contribution is -2.41. The number of benzene rings is 1. The summed E-state index contributed by atoms with van der Waals surface area (Å²) in [6.07, 6.45) is -0.591. The van der Waals surface area contributed by atoms with Gasteiger partial charge in [-0.3, -0.25) is 0 Å². The molecule has 0 saturated heterocycles.